The molecule has 2 aliphatic rings. The molecule has 0 radical (unpaired) electrons. The van der Waals surface area contributed by atoms with Gasteiger partial charge in [0.05, 0.1) is 74.0 Å². The van der Waals surface area contributed by atoms with Crippen LogP contribution in [0.3, 0.4) is 0 Å². The number of imidazole rings is 1. The van der Waals surface area contributed by atoms with Gasteiger partial charge in [0, 0.05) is 33.8 Å². The second kappa shape index (κ2) is 52.4. The number of H-pyrrole nitrogens is 1. The van der Waals surface area contributed by atoms with Gasteiger partial charge in [0.2, 0.25) is 35.7 Å². The summed E-state index contributed by atoms with van der Waals surface area (Å²) < 4.78 is 31.6. The van der Waals surface area contributed by atoms with Gasteiger partial charge >= 0.3 is 5.97 Å². The maximum atomic E-state index is 12.4. The lowest BCUT2D eigenvalue weighted by Crippen LogP contribution is -2.36. The molecule has 11 aromatic carbocycles. The molecule has 0 unspecified atom stereocenters. The normalized spacial score (nSPS) is 11.7. The maximum Gasteiger partial charge on any atom is 0.337 e. The van der Waals surface area contributed by atoms with E-state index in [1.165, 1.54) is 59.7 Å². The average molecular weight is 1890 g/mol. The predicted octanol–water partition coefficient (Wildman–Crippen LogP) is 19.1. The number of methoxy groups -OCH3 is 4. The summed E-state index contributed by atoms with van der Waals surface area (Å²) in [5.41, 5.74) is 42.1. The van der Waals surface area contributed by atoms with Crippen LogP contribution in [0.15, 0.2) is 265 Å². The summed E-state index contributed by atoms with van der Waals surface area (Å²) in [5.74, 6) is 2.25. The van der Waals surface area contributed by atoms with Crippen LogP contribution in [-0.4, -0.2) is 139 Å². The fourth-order valence-electron chi connectivity index (χ4n) is 13.2. The van der Waals surface area contributed by atoms with Gasteiger partial charge in [-0.3, -0.25) is 34.2 Å². The molecule has 0 atom stereocenters. The molecule has 35 heteroatoms. The third kappa shape index (κ3) is 31.7. The van der Waals surface area contributed by atoms with E-state index in [1.54, 1.807) is 130 Å². The number of nitrogen functional groups attached to an aromatic ring is 5. The topological polar surface area (TPSA) is 470 Å². The van der Waals surface area contributed by atoms with E-state index in [4.69, 9.17) is 64.0 Å². The summed E-state index contributed by atoms with van der Waals surface area (Å²) in [6, 6.07) is 79.0. The Labute approximate surface area is 802 Å². The number of benzene rings is 11. The molecule has 16 N–H and O–H groups in total. The summed E-state index contributed by atoms with van der Waals surface area (Å²) in [6.45, 7) is 10.3. The molecule has 3 aromatic heterocycles. The van der Waals surface area contributed by atoms with E-state index in [9.17, 15) is 28.8 Å². The first-order valence-corrected chi connectivity index (χ1v) is 45.6. The number of aromatic nitrogens is 8. The molecule has 704 valence electrons. The second-order valence-corrected chi connectivity index (χ2v) is 32.4. The third-order valence-corrected chi connectivity index (χ3v) is 21.9. The van der Waals surface area contributed by atoms with Crippen molar-refractivity contribution in [1.29, 1.82) is 0 Å². The Kier molecular flexibility index (Phi) is 39.4. The van der Waals surface area contributed by atoms with E-state index in [2.05, 4.69) is 133 Å². The number of thioether (sulfide) groups is 2. The number of hydrogen-bond donors (Lipinski definition) is 11. The number of nitrogens with two attached hydrogens (primary N) is 5. The van der Waals surface area contributed by atoms with Crippen molar-refractivity contribution in [2.75, 3.05) is 97.2 Å². The molecule has 1 saturated carbocycles. The highest BCUT2D eigenvalue weighted by Gasteiger charge is 2.35. The first kappa shape index (κ1) is 102. The van der Waals surface area contributed by atoms with Crippen molar-refractivity contribution in [1.82, 2.24) is 50.1 Å². The number of amides is 5. The van der Waals surface area contributed by atoms with Crippen molar-refractivity contribution in [3.63, 3.8) is 0 Å². The van der Waals surface area contributed by atoms with Gasteiger partial charge in [-0.25, -0.2) is 14.8 Å². The molecule has 0 spiro atoms. The zero-order valence-electron chi connectivity index (χ0n) is 76.9. The van der Waals surface area contributed by atoms with Gasteiger partial charge in [-0.15, -0.1) is 0 Å². The van der Waals surface area contributed by atoms with E-state index in [-0.39, 0.29) is 84.4 Å². The number of aromatic amines is 1. The SMILES string of the molecule is CCCc1ccc(OCC(=O)Nc2cccc(Cl)c2C)cc1.COC(=O)c1ccc(CN2C(=O)c3ccccc3C2=O)cc1.COc1cccc(OC)c1C(=O)NC1CCCCC1.COc1ccccc1OCSc1nc2ccccc2[nH]1.CSC(=Nc1ccc(C)cc1)Nc1ccc(C)cc1.Cc1ccc(NC(=O)c2ccccc2N)cc1.Nc1nc(N)nc(Nc2nc(N)nc(N)n2)n1. The minimum atomic E-state index is -0.424. The molecule has 14 aromatic rings. The zero-order valence-corrected chi connectivity index (χ0v) is 79.3. The van der Waals surface area contributed by atoms with E-state index in [1.807, 2.05) is 141 Å². The highest BCUT2D eigenvalue weighted by molar-refractivity contribution is 8.13. The Morgan fingerprint density at radius 1 is 0.522 bits per heavy atom. The number of aryl methyl sites for hydroxylation is 4. The molecule has 32 nitrogen and oxygen atoms in total. The van der Waals surface area contributed by atoms with Crippen LogP contribution >= 0.6 is 35.1 Å². The van der Waals surface area contributed by atoms with Crippen molar-refractivity contribution in [3.8, 4) is 28.7 Å². The molecular formula is C101H109ClN20O12S2. The van der Waals surface area contributed by atoms with E-state index >= 15 is 0 Å². The lowest BCUT2D eigenvalue weighted by atomic mass is 9.95. The summed E-state index contributed by atoms with van der Waals surface area (Å²) in [7, 11) is 6.07. The zero-order chi connectivity index (χ0) is 97.4. The highest BCUT2D eigenvalue weighted by Crippen LogP contribution is 2.33. The Balaban J connectivity index is 0.000000164. The van der Waals surface area contributed by atoms with Gasteiger partial charge in [0.25, 0.3) is 29.5 Å². The minimum absolute atomic E-state index is 0.0287. The molecule has 1 aliphatic carbocycles. The summed E-state index contributed by atoms with van der Waals surface area (Å²) in [6.07, 6.45) is 9.95. The van der Waals surface area contributed by atoms with Crippen molar-refractivity contribution >= 4 is 151 Å². The van der Waals surface area contributed by atoms with E-state index < -0.39 is 5.97 Å². The number of ether oxygens (including phenoxy) is 6. The number of fused-ring (bicyclic) bond motifs is 2. The first-order valence-electron chi connectivity index (χ1n) is 43.0. The lowest BCUT2D eigenvalue weighted by molar-refractivity contribution is -0.118. The standard InChI is InChI=1S/C18H20ClNO2.C17H13NO4.C16H18N2S.C15H14N2O2S.C15H21NO3.C14H14N2O.C6H9N11/c1-3-5-14-8-10-15(11-9-14)22-12-18(21)20-17-7-4-6-16(19)13(17)2;1-22-17(21)12-8-6-11(7-9-12)10-18-15(19)13-4-2-3-5-14(13)16(18)20;1-12-4-8-14(9-5-12)17-16(19-3)18-15-10-6-13(2)7-11-15;1-18-13-8-4-5-9-14(13)19-10-20-15-16-11-6-2-3-7-12(11)17-15;1-18-12-9-6-10-13(19-2)14(12)15(17)16-11-7-4-3-5-8-11;1-10-6-8-11(9-7-10)16-14(17)12-4-2-3-5-13(12)15;7-1-11-2(8)14-5(13-1)17-6-15-3(9)12-4(10)16-6/h4,6-11H,3,5,12H2,1-2H3,(H,20,21);2-9H,10H2,1H3;4-11H,1-3H3,(H,17,18);2-9H,10H2,1H3,(H,16,17);6,9-11H,3-5,7-8H2,1-2H3,(H,16,17);2-9H,15H2,1H3,(H,16,17);(H9,7,8,9,10,11,12,13,14,15,16,17). The summed E-state index contributed by atoms with van der Waals surface area (Å²) in [4.78, 5) is 108. The van der Waals surface area contributed by atoms with E-state index in [0.29, 0.717) is 67.4 Å². The number of carbonyl (C=O) groups excluding carboxylic acids is 6. The van der Waals surface area contributed by atoms with Gasteiger partial charge in [-0.2, -0.15) is 29.9 Å². The number of nitrogens with zero attached hydrogens (tertiary/aromatic N) is 9. The Morgan fingerprint density at radius 2 is 1.04 bits per heavy atom. The number of nitrogens with one attached hydrogen (secondary N) is 6. The number of hydrogen-bond acceptors (Lipinski definition) is 28. The van der Waals surface area contributed by atoms with Crippen LogP contribution in [0.4, 0.5) is 64.1 Å². The van der Waals surface area contributed by atoms with Gasteiger partial charge < -0.3 is 83.3 Å². The van der Waals surface area contributed by atoms with Crippen LogP contribution in [0.1, 0.15) is 131 Å². The molecule has 136 heavy (non-hydrogen) atoms. The summed E-state index contributed by atoms with van der Waals surface area (Å²) >= 11 is 9.15. The number of halogens is 1. The van der Waals surface area contributed by atoms with Gasteiger partial charge in [-0.1, -0.05) is 194 Å². The number of para-hydroxylation sites is 5. The number of amidine groups is 1. The lowest BCUT2D eigenvalue weighted by Gasteiger charge is -2.23. The Morgan fingerprint density at radius 3 is 1.59 bits per heavy atom. The minimum Gasteiger partial charge on any atom is -0.496 e. The van der Waals surface area contributed by atoms with Gasteiger partial charge in [0.1, 0.15) is 28.8 Å². The van der Waals surface area contributed by atoms with Crippen molar-refractivity contribution in [2.24, 2.45) is 4.99 Å². The number of carbonyl (C=O) groups is 6. The van der Waals surface area contributed by atoms with Gasteiger partial charge in [-0.05, 0) is 215 Å². The quantitative estimate of drug-likeness (QED) is 0.00509. The fraction of sp³-hybridized carbons (Fsp3) is 0.208. The van der Waals surface area contributed by atoms with Gasteiger partial charge in [0.15, 0.2) is 28.4 Å². The van der Waals surface area contributed by atoms with Crippen LogP contribution in [0, 0.1) is 27.7 Å². The highest BCUT2D eigenvalue weighted by atomic mass is 35.5. The molecular weight excluding hydrogens is 1780 g/mol. The molecule has 0 saturated heterocycles. The van der Waals surface area contributed by atoms with Crippen LogP contribution in [0.2, 0.25) is 5.02 Å². The number of anilines is 10. The molecule has 5 amide bonds. The fourth-order valence-corrected chi connectivity index (χ4v) is 14.4. The Bertz CT molecular complexity index is 6180. The Hall–Kier alpha value is -15.8. The number of esters is 1. The maximum absolute atomic E-state index is 12.4. The van der Waals surface area contributed by atoms with Crippen LogP contribution in [0.5, 0.6) is 28.7 Å². The van der Waals surface area contributed by atoms with Crippen LogP contribution < -0.4 is 78.9 Å². The van der Waals surface area contributed by atoms with Crippen molar-refractivity contribution < 1.29 is 57.2 Å². The molecule has 1 aliphatic heterocycles. The first-order chi connectivity index (χ1) is 65.7. The van der Waals surface area contributed by atoms with E-state index in [0.717, 1.165) is 92.3 Å². The van der Waals surface area contributed by atoms with Crippen LogP contribution in [-0.2, 0) is 22.5 Å². The monoisotopic (exact) mass is 1890 g/mol. The number of aliphatic imine (C=N–C) groups is 1. The number of rotatable bonds is 24. The molecule has 4 heterocycles. The number of imide groups is 1. The molecule has 0 bridgehead atoms. The largest absolute Gasteiger partial charge is 0.496 e. The third-order valence-electron chi connectivity index (χ3n) is 20.2. The molecule has 1 fully saturated rings. The smallest absolute Gasteiger partial charge is 0.337 e. The predicted molar refractivity (Wildman–Crippen MR) is 541 cm³/mol. The molecule has 16 rings (SSSR count). The van der Waals surface area contributed by atoms with Crippen molar-refractivity contribution in [3.05, 3.63) is 321 Å². The summed E-state index contributed by atoms with van der Waals surface area (Å²) in [5, 5.41) is 17.0. The average Bonchev–Trinajstić information content (AvgIpc) is 1.64. The van der Waals surface area contributed by atoms with Crippen LogP contribution in [0.25, 0.3) is 11.0 Å². The van der Waals surface area contributed by atoms with Crippen molar-refractivity contribution in [2.45, 2.75) is 97.3 Å². The second-order valence-electron chi connectivity index (χ2n) is 30.3.